The second-order valence-electron chi connectivity index (χ2n) is 2.45. The predicted molar refractivity (Wildman–Crippen MR) is 51.0 cm³/mol. The molecule has 0 aliphatic heterocycles. The zero-order chi connectivity index (χ0) is 9.52. The van der Waals surface area contributed by atoms with Crippen molar-refractivity contribution in [1.82, 2.24) is 15.3 Å². The van der Waals surface area contributed by atoms with Crippen LogP contribution in [0.5, 0.6) is 5.88 Å². The monoisotopic (exact) mass is 182 g/mol. The number of ether oxygens (including phenoxy) is 1. The van der Waals surface area contributed by atoms with Crippen molar-refractivity contribution in [1.29, 1.82) is 0 Å². The zero-order valence-electron chi connectivity index (χ0n) is 7.87. The summed E-state index contributed by atoms with van der Waals surface area (Å²) in [5, 5.41) is 6.07. The SMILES string of the molecule is CNCCNc1nccc(OC)n1. The van der Waals surface area contributed by atoms with E-state index in [1.165, 1.54) is 0 Å². The van der Waals surface area contributed by atoms with Crippen LogP contribution in [0, 0.1) is 0 Å². The molecule has 1 aromatic heterocycles. The van der Waals surface area contributed by atoms with Gasteiger partial charge in [-0.25, -0.2) is 4.98 Å². The summed E-state index contributed by atoms with van der Waals surface area (Å²) in [4.78, 5) is 8.12. The molecule has 0 aliphatic rings. The van der Waals surface area contributed by atoms with Crippen LogP contribution in [0.2, 0.25) is 0 Å². The topological polar surface area (TPSA) is 59.1 Å². The standard InChI is InChI=1S/C8H14N4O/c1-9-5-6-11-8-10-4-3-7(12-8)13-2/h3-4,9H,5-6H2,1-2H3,(H,10,11,12). The third-order valence-electron chi connectivity index (χ3n) is 1.50. The average molecular weight is 182 g/mol. The lowest BCUT2D eigenvalue weighted by atomic mass is 10.6. The molecular weight excluding hydrogens is 168 g/mol. The fourth-order valence-corrected chi connectivity index (χ4v) is 0.840. The first-order chi connectivity index (χ1) is 6.36. The molecule has 0 spiro atoms. The highest BCUT2D eigenvalue weighted by Crippen LogP contribution is 2.06. The fourth-order valence-electron chi connectivity index (χ4n) is 0.840. The number of hydrogen-bond acceptors (Lipinski definition) is 5. The van der Waals surface area contributed by atoms with Crippen LogP contribution in [-0.4, -0.2) is 37.2 Å². The molecular formula is C8H14N4O. The van der Waals surface area contributed by atoms with Gasteiger partial charge in [0.2, 0.25) is 11.8 Å². The second kappa shape index (κ2) is 5.31. The Morgan fingerprint density at radius 3 is 3.00 bits per heavy atom. The number of likely N-dealkylation sites (N-methyl/N-ethyl adjacent to an activating group) is 1. The Hall–Kier alpha value is -1.36. The smallest absolute Gasteiger partial charge is 0.225 e. The second-order valence-corrected chi connectivity index (χ2v) is 2.45. The van der Waals surface area contributed by atoms with E-state index in [9.17, 15) is 0 Å². The van der Waals surface area contributed by atoms with Crippen LogP contribution in [0.3, 0.4) is 0 Å². The molecule has 0 aromatic carbocycles. The van der Waals surface area contributed by atoms with Crippen LogP contribution >= 0.6 is 0 Å². The van der Waals surface area contributed by atoms with Gasteiger partial charge in [0.05, 0.1) is 7.11 Å². The van der Waals surface area contributed by atoms with Gasteiger partial charge in [0, 0.05) is 25.4 Å². The molecule has 2 N–H and O–H groups in total. The molecule has 1 aromatic rings. The minimum atomic E-state index is 0.571. The first-order valence-electron chi connectivity index (χ1n) is 4.12. The number of anilines is 1. The molecule has 1 heterocycles. The van der Waals surface area contributed by atoms with Crippen LogP contribution in [0.25, 0.3) is 0 Å². The molecule has 0 radical (unpaired) electrons. The average Bonchev–Trinajstić information content (AvgIpc) is 2.19. The summed E-state index contributed by atoms with van der Waals surface area (Å²) in [6.45, 7) is 1.67. The Morgan fingerprint density at radius 1 is 1.46 bits per heavy atom. The summed E-state index contributed by atoms with van der Waals surface area (Å²) >= 11 is 0. The third kappa shape index (κ3) is 3.25. The Balaban J connectivity index is 2.46. The van der Waals surface area contributed by atoms with E-state index in [1.807, 2.05) is 7.05 Å². The van der Waals surface area contributed by atoms with Gasteiger partial charge in [-0.05, 0) is 7.05 Å². The molecule has 0 atom stereocenters. The van der Waals surface area contributed by atoms with E-state index in [2.05, 4.69) is 20.6 Å². The quantitative estimate of drug-likeness (QED) is 0.633. The maximum atomic E-state index is 4.95. The number of methoxy groups -OCH3 is 1. The van der Waals surface area contributed by atoms with Crippen LogP contribution < -0.4 is 15.4 Å². The molecule has 5 nitrogen and oxygen atoms in total. The van der Waals surface area contributed by atoms with E-state index in [1.54, 1.807) is 19.4 Å². The summed E-state index contributed by atoms with van der Waals surface area (Å²) in [6, 6.07) is 1.71. The van der Waals surface area contributed by atoms with Crippen LogP contribution in [0.1, 0.15) is 0 Å². The van der Waals surface area contributed by atoms with E-state index in [-0.39, 0.29) is 0 Å². The molecule has 0 unspecified atom stereocenters. The van der Waals surface area contributed by atoms with Crippen molar-refractivity contribution in [2.24, 2.45) is 0 Å². The summed E-state index contributed by atoms with van der Waals surface area (Å²) in [7, 11) is 3.48. The molecule has 72 valence electrons. The number of aromatic nitrogens is 2. The van der Waals surface area contributed by atoms with Gasteiger partial charge in [0.25, 0.3) is 0 Å². The third-order valence-corrected chi connectivity index (χ3v) is 1.50. The Kier molecular flexibility index (Phi) is 3.98. The maximum absolute atomic E-state index is 4.95. The highest BCUT2D eigenvalue weighted by atomic mass is 16.5. The zero-order valence-corrected chi connectivity index (χ0v) is 7.87. The summed E-state index contributed by atoms with van der Waals surface area (Å²) in [5.74, 6) is 1.16. The highest BCUT2D eigenvalue weighted by Gasteiger charge is 1.96. The van der Waals surface area contributed by atoms with Crippen molar-refractivity contribution in [3.63, 3.8) is 0 Å². The Morgan fingerprint density at radius 2 is 2.31 bits per heavy atom. The predicted octanol–water partition coefficient (Wildman–Crippen LogP) is 0.116. The molecule has 0 amide bonds. The van der Waals surface area contributed by atoms with E-state index in [4.69, 9.17) is 4.74 Å². The molecule has 5 heteroatoms. The number of nitrogens with one attached hydrogen (secondary N) is 2. The molecule has 13 heavy (non-hydrogen) atoms. The first kappa shape index (κ1) is 9.73. The maximum Gasteiger partial charge on any atom is 0.225 e. The van der Waals surface area contributed by atoms with Crippen molar-refractivity contribution in [3.05, 3.63) is 12.3 Å². The van der Waals surface area contributed by atoms with Crippen LogP contribution in [0.15, 0.2) is 12.3 Å². The lowest BCUT2D eigenvalue weighted by molar-refractivity contribution is 0.397. The van der Waals surface area contributed by atoms with Crippen molar-refractivity contribution in [2.45, 2.75) is 0 Å². The van der Waals surface area contributed by atoms with Gasteiger partial charge >= 0.3 is 0 Å². The molecule has 0 saturated carbocycles. The number of rotatable bonds is 5. The lowest BCUT2D eigenvalue weighted by Gasteiger charge is -2.04. The normalized spacial score (nSPS) is 9.69. The van der Waals surface area contributed by atoms with Gasteiger partial charge in [-0.1, -0.05) is 0 Å². The highest BCUT2D eigenvalue weighted by molar-refractivity contribution is 5.27. The summed E-state index contributed by atoms with van der Waals surface area (Å²) in [5.41, 5.74) is 0. The number of hydrogen-bond donors (Lipinski definition) is 2. The Labute approximate surface area is 77.5 Å². The van der Waals surface area contributed by atoms with Gasteiger partial charge in [-0.3, -0.25) is 0 Å². The van der Waals surface area contributed by atoms with Crippen molar-refractivity contribution in [3.8, 4) is 5.88 Å². The van der Waals surface area contributed by atoms with Gasteiger partial charge in [-0.15, -0.1) is 0 Å². The Bertz CT molecular complexity index is 254. The van der Waals surface area contributed by atoms with Crippen molar-refractivity contribution in [2.75, 3.05) is 32.6 Å². The van der Waals surface area contributed by atoms with Crippen LogP contribution in [0.4, 0.5) is 5.95 Å². The largest absolute Gasteiger partial charge is 0.481 e. The van der Waals surface area contributed by atoms with Gasteiger partial charge in [0.15, 0.2) is 0 Å². The van der Waals surface area contributed by atoms with Crippen molar-refractivity contribution < 1.29 is 4.74 Å². The van der Waals surface area contributed by atoms with E-state index >= 15 is 0 Å². The van der Waals surface area contributed by atoms with Crippen molar-refractivity contribution >= 4 is 5.95 Å². The summed E-state index contributed by atoms with van der Waals surface area (Å²) < 4.78 is 4.95. The minimum absolute atomic E-state index is 0.571. The number of nitrogens with zero attached hydrogens (tertiary/aromatic N) is 2. The van der Waals surface area contributed by atoms with Gasteiger partial charge < -0.3 is 15.4 Å². The van der Waals surface area contributed by atoms with E-state index in [0.717, 1.165) is 13.1 Å². The summed E-state index contributed by atoms with van der Waals surface area (Å²) in [6.07, 6.45) is 1.66. The van der Waals surface area contributed by atoms with E-state index < -0.39 is 0 Å². The molecule has 0 bridgehead atoms. The lowest BCUT2D eigenvalue weighted by Crippen LogP contribution is -2.18. The first-order valence-corrected chi connectivity index (χ1v) is 4.12. The van der Waals surface area contributed by atoms with Crippen LogP contribution in [-0.2, 0) is 0 Å². The van der Waals surface area contributed by atoms with Gasteiger partial charge in [-0.2, -0.15) is 4.98 Å². The molecule has 0 saturated heterocycles. The van der Waals surface area contributed by atoms with Gasteiger partial charge in [0.1, 0.15) is 0 Å². The minimum Gasteiger partial charge on any atom is -0.481 e. The van der Waals surface area contributed by atoms with E-state index in [0.29, 0.717) is 11.8 Å². The fraction of sp³-hybridized carbons (Fsp3) is 0.500. The molecule has 0 fully saturated rings. The molecule has 0 aliphatic carbocycles. The molecule has 1 rings (SSSR count).